The zero-order valence-corrected chi connectivity index (χ0v) is 15.3. The average molecular weight is 358 g/mol. The molecule has 1 N–H and O–H groups in total. The molecule has 1 aliphatic heterocycles. The third kappa shape index (κ3) is 3.67. The van der Waals surface area contributed by atoms with Crippen molar-refractivity contribution in [2.24, 2.45) is 0 Å². The summed E-state index contributed by atoms with van der Waals surface area (Å²) in [5.74, 6) is 0.555. The highest BCUT2D eigenvalue weighted by molar-refractivity contribution is 5.92. The van der Waals surface area contributed by atoms with Gasteiger partial charge in [-0.2, -0.15) is 0 Å². The van der Waals surface area contributed by atoms with Crippen LogP contribution in [-0.2, 0) is 6.42 Å². The first-order chi connectivity index (χ1) is 13.2. The van der Waals surface area contributed by atoms with E-state index in [9.17, 15) is 4.79 Å². The van der Waals surface area contributed by atoms with Crippen molar-refractivity contribution >= 4 is 17.4 Å². The van der Waals surface area contributed by atoms with Crippen LogP contribution in [0.25, 0.3) is 0 Å². The fraction of sp³-hybridized carbons (Fsp3) is 0.227. The Morgan fingerprint density at radius 2 is 1.78 bits per heavy atom. The van der Waals surface area contributed by atoms with Crippen molar-refractivity contribution in [3.05, 3.63) is 83.6 Å². The molecule has 3 aromatic rings. The highest BCUT2D eigenvalue weighted by Gasteiger charge is 2.20. The number of anilines is 2. The van der Waals surface area contributed by atoms with Crippen LogP contribution in [0.5, 0.6) is 0 Å². The number of aromatic nitrogens is 2. The first-order valence-electron chi connectivity index (χ1n) is 9.27. The van der Waals surface area contributed by atoms with Crippen LogP contribution in [0.4, 0.5) is 11.5 Å². The van der Waals surface area contributed by atoms with Crippen molar-refractivity contribution in [3.63, 3.8) is 0 Å². The fourth-order valence-electron chi connectivity index (χ4n) is 3.46. The number of hydrogen-bond acceptors (Lipinski definition) is 4. The van der Waals surface area contributed by atoms with Crippen LogP contribution < -0.4 is 10.2 Å². The third-order valence-corrected chi connectivity index (χ3v) is 4.92. The number of carbonyl (C=O) groups excluding carboxylic acids is 1. The van der Waals surface area contributed by atoms with Crippen molar-refractivity contribution in [2.75, 3.05) is 11.4 Å². The van der Waals surface area contributed by atoms with E-state index in [2.05, 4.69) is 38.6 Å². The second kappa shape index (κ2) is 7.58. The minimum atomic E-state index is -0.218. The number of hydrogen-bond donors (Lipinski definition) is 1. The summed E-state index contributed by atoms with van der Waals surface area (Å²) in [4.78, 5) is 14.7. The largest absolute Gasteiger partial charge is 0.344 e. The summed E-state index contributed by atoms with van der Waals surface area (Å²) in [6.45, 7) is 2.86. The van der Waals surface area contributed by atoms with E-state index in [-0.39, 0.29) is 11.9 Å². The van der Waals surface area contributed by atoms with Gasteiger partial charge in [0.15, 0.2) is 11.5 Å². The van der Waals surface area contributed by atoms with Crippen molar-refractivity contribution in [1.82, 2.24) is 15.5 Å². The molecular formula is C22H22N4O. The zero-order valence-electron chi connectivity index (χ0n) is 15.3. The maximum Gasteiger partial charge on any atom is 0.272 e. The summed E-state index contributed by atoms with van der Waals surface area (Å²) in [7, 11) is 0. The molecule has 1 unspecified atom stereocenters. The lowest BCUT2D eigenvalue weighted by molar-refractivity contribution is 0.0934. The van der Waals surface area contributed by atoms with E-state index in [1.165, 1.54) is 11.3 Å². The van der Waals surface area contributed by atoms with Gasteiger partial charge >= 0.3 is 0 Å². The lowest BCUT2D eigenvalue weighted by atomic mass is 10.0. The molecule has 1 aliphatic rings. The predicted octanol–water partition coefficient (Wildman–Crippen LogP) is 4.05. The molecular weight excluding hydrogens is 336 g/mol. The van der Waals surface area contributed by atoms with Gasteiger partial charge in [0.2, 0.25) is 0 Å². The molecule has 0 fully saturated rings. The Balaban J connectivity index is 1.49. The molecule has 1 amide bonds. The molecule has 4 rings (SSSR count). The van der Waals surface area contributed by atoms with Gasteiger partial charge in [-0.25, -0.2) is 0 Å². The SMILES string of the molecule is CC(NC(=O)c1ccc(N2CCCc3ccccc32)nn1)c1ccccc1. The number of fused-ring (bicyclic) bond motifs is 1. The summed E-state index contributed by atoms with van der Waals surface area (Å²) < 4.78 is 0. The van der Waals surface area contributed by atoms with Crippen LogP contribution in [0.2, 0.25) is 0 Å². The van der Waals surface area contributed by atoms with Crippen molar-refractivity contribution < 1.29 is 4.79 Å². The summed E-state index contributed by atoms with van der Waals surface area (Å²) in [5.41, 5.74) is 3.88. The molecule has 136 valence electrons. The van der Waals surface area contributed by atoms with E-state index in [4.69, 9.17) is 0 Å². The van der Waals surface area contributed by atoms with Gasteiger partial charge in [-0.15, -0.1) is 10.2 Å². The number of nitrogens with one attached hydrogen (secondary N) is 1. The molecule has 0 saturated heterocycles. The van der Waals surface area contributed by atoms with Gasteiger partial charge < -0.3 is 10.2 Å². The minimum Gasteiger partial charge on any atom is -0.344 e. The number of carbonyl (C=O) groups is 1. The number of aryl methyl sites for hydroxylation is 1. The Hall–Kier alpha value is -3.21. The molecule has 2 aromatic carbocycles. The number of benzene rings is 2. The summed E-state index contributed by atoms with van der Waals surface area (Å²) in [6, 6.07) is 21.8. The maximum absolute atomic E-state index is 12.5. The van der Waals surface area contributed by atoms with Crippen molar-refractivity contribution in [3.8, 4) is 0 Å². The van der Waals surface area contributed by atoms with E-state index >= 15 is 0 Å². The van der Waals surface area contributed by atoms with Crippen molar-refractivity contribution in [1.29, 1.82) is 0 Å². The molecule has 0 aliphatic carbocycles. The standard InChI is InChI=1S/C22H22N4O/c1-16(17-8-3-2-4-9-17)23-22(27)19-13-14-21(25-24-19)26-15-7-11-18-10-5-6-12-20(18)26/h2-6,8-10,12-14,16H,7,11,15H2,1H3,(H,23,27). The lowest BCUT2D eigenvalue weighted by Crippen LogP contribution is -2.28. The Labute approximate surface area is 159 Å². The molecule has 5 nitrogen and oxygen atoms in total. The highest BCUT2D eigenvalue weighted by atomic mass is 16.2. The summed E-state index contributed by atoms with van der Waals surface area (Å²) >= 11 is 0. The highest BCUT2D eigenvalue weighted by Crippen LogP contribution is 2.31. The van der Waals surface area contributed by atoms with Gasteiger partial charge in [-0.05, 0) is 49.1 Å². The van der Waals surface area contributed by atoms with Crippen LogP contribution in [0.15, 0.2) is 66.7 Å². The van der Waals surface area contributed by atoms with Gasteiger partial charge in [0.1, 0.15) is 0 Å². The monoisotopic (exact) mass is 358 g/mol. The average Bonchev–Trinajstić information content (AvgIpc) is 2.74. The summed E-state index contributed by atoms with van der Waals surface area (Å²) in [6.07, 6.45) is 2.16. The first kappa shape index (κ1) is 17.2. The molecule has 1 aromatic heterocycles. The van der Waals surface area contributed by atoms with E-state index in [0.717, 1.165) is 30.8 Å². The van der Waals surface area contributed by atoms with Crippen LogP contribution >= 0.6 is 0 Å². The molecule has 0 radical (unpaired) electrons. The Bertz CT molecular complexity index is 925. The quantitative estimate of drug-likeness (QED) is 0.764. The van der Waals surface area contributed by atoms with E-state index in [1.807, 2.05) is 49.4 Å². The number of nitrogens with zero attached hydrogens (tertiary/aromatic N) is 3. The van der Waals surface area contributed by atoms with Gasteiger partial charge in [-0.3, -0.25) is 4.79 Å². The lowest BCUT2D eigenvalue weighted by Gasteiger charge is -2.29. The first-order valence-corrected chi connectivity index (χ1v) is 9.27. The van der Waals surface area contributed by atoms with Crippen LogP contribution in [0, 0.1) is 0 Å². The number of amides is 1. The van der Waals surface area contributed by atoms with E-state index in [0.29, 0.717) is 5.69 Å². The second-order valence-corrected chi connectivity index (χ2v) is 6.77. The van der Waals surface area contributed by atoms with E-state index in [1.54, 1.807) is 6.07 Å². The molecule has 1 atom stereocenters. The smallest absolute Gasteiger partial charge is 0.272 e. The fourth-order valence-corrected chi connectivity index (χ4v) is 3.46. The molecule has 0 spiro atoms. The Kier molecular flexibility index (Phi) is 4.83. The Morgan fingerprint density at radius 1 is 1.00 bits per heavy atom. The van der Waals surface area contributed by atoms with Gasteiger partial charge in [0, 0.05) is 12.2 Å². The second-order valence-electron chi connectivity index (χ2n) is 6.77. The van der Waals surface area contributed by atoms with E-state index < -0.39 is 0 Å². The molecule has 27 heavy (non-hydrogen) atoms. The van der Waals surface area contributed by atoms with Gasteiger partial charge in [-0.1, -0.05) is 48.5 Å². The number of para-hydroxylation sites is 1. The van der Waals surface area contributed by atoms with Gasteiger partial charge in [0.05, 0.1) is 6.04 Å². The summed E-state index contributed by atoms with van der Waals surface area (Å²) in [5, 5.41) is 11.5. The molecule has 5 heteroatoms. The topological polar surface area (TPSA) is 58.1 Å². The maximum atomic E-state index is 12.5. The minimum absolute atomic E-state index is 0.0888. The Morgan fingerprint density at radius 3 is 2.56 bits per heavy atom. The van der Waals surface area contributed by atoms with Crippen molar-refractivity contribution in [2.45, 2.75) is 25.8 Å². The van der Waals surface area contributed by atoms with Crippen LogP contribution in [0.3, 0.4) is 0 Å². The van der Waals surface area contributed by atoms with Crippen LogP contribution in [0.1, 0.15) is 41.0 Å². The molecule has 2 heterocycles. The predicted molar refractivity (Wildman–Crippen MR) is 106 cm³/mol. The molecule has 0 bridgehead atoms. The van der Waals surface area contributed by atoms with Crippen LogP contribution in [-0.4, -0.2) is 22.6 Å². The van der Waals surface area contributed by atoms with Gasteiger partial charge in [0.25, 0.3) is 5.91 Å². The normalized spacial score (nSPS) is 14.3. The number of rotatable bonds is 4. The third-order valence-electron chi connectivity index (χ3n) is 4.92. The zero-order chi connectivity index (χ0) is 18.6. The molecule has 0 saturated carbocycles.